The molecule has 0 spiro atoms. The van der Waals surface area contributed by atoms with E-state index >= 15 is 0 Å². The third-order valence-electron chi connectivity index (χ3n) is 3.08. The van der Waals surface area contributed by atoms with Crippen LogP contribution in [0.3, 0.4) is 0 Å². The van der Waals surface area contributed by atoms with Gasteiger partial charge in [-0.05, 0) is 17.7 Å². The van der Waals surface area contributed by atoms with Crippen molar-refractivity contribution in [1.82, 2.24) is 0 Å². The standard InChI is InChI=1S/C15H14N2O4/c16-11-5-14-12(17-15(19)8-20-14)6-13(11)21-10-3-1-9(7-18)2-4-10/h1-6,18H,7-8,16H2,(H,17,19). The van der Waals surface area contributed by atoms with Gasteiger partial charge < -0.3 is 25.6 Å². The van der Waals surface area contributed by atoms with Crippen LogP contribution < -0.4 is 20.5 Å². The fraction of sp³-hybridized carbons (Fsp3) is 0.133. The highest BCUT2D eigenvalue weighted by molar-refractivity contribution is 5.96. The van der Waals surface area contributed by atoms with Crippen LogP contribution in [0.5, 0.6) is 17.2 Å². The number of benzene rings is 2. The number of carbonyl (C=O) groups is 1. The van der Waals surface area contributed by atoms with Gasteiger partial charge in [-0.1, -0.05) is 12.1 Å². The molecule has 0 radical (unpaired) electrons. The SMILES string of the molecule is Nc1cc2c(cc1Oc1ccc(CO)cc1)NC(=O)CO2. The minimum absolute atomic E-state index is 0.0186. The van der Waals surface area contributed by atoms with E-state index in [1.807, 2.05) is 0 Å². The van der Waals surface area contributed by atoms with Gasteiger partial charge in [-0.3, -0.25) is 4.79 Å². The Hall–Kier alpha value is -2.73. The predicted octanol–water partition coefficient (Wildman–Crippen LogP) is 1.88. The first-order chi connectivity index (χ1) is 10.2. The van der Waals surface area contributed by atoms with Gasteiger partial charge in [0.25, 0.3) is 5.91 Å². The van der Waals surface area contributed by atoms with Crippen LogP contribution in [0.1, 0.15) is 5.56 Å². The molecule has 1 aliphatic rings. The lowest BCUT2D eigenvalue weighted by atomic mass is 10.2. The maximum absolute atomic E-state index is 11.3. The molecule has 1 aliphatic heterocycles. The molecule has 0 aromatic heterocycles. The van der Waals surface area contributed by atoms with E-state index in [4.69, 9.17) is 20.3 Å². The number of ether oxygens (including phenoxy) is 2. The molecule has 2 aromatic carbocycles. The van der Waals surface area contributed by atoms with Crippen LogP contribution in [-0.2, 0) is 11.4 Å². The molecule has 3 rings (SSSR count). The minimum Gasteiger partial charge on any atom is -0.481 e. The largest absolute Gasteiger partial charge is 0.481 e. The molecular formula is C15H14N2O4. The van der Waals surface area contributed by atoms with E-state index in [9.17, 15) is 4.79 Å². The summed E-state index contributed by atoms with van der Waals surface area (Å²) in [6, 6.07) is 10.2. The number of anilines is 2. The van der Waals surface area contributed by atoms with Crippen molar-refractivity contribution in [1.29, 1.82) is 0 Å². The van der Waals surface area contributed by atoms with E-state index in [0.717, 1.165) is 5.56 Å². The lowest BCUT2D eigenvalue weighted by Gasteiger charge is -2.20. The van der Waals surface area contributed by atoms with E-state index in [0.29, 0.717) is 28.6 Å². The third-order valence-corrected chi connectivity index (χ3v) is 3.08. The highest BCUT2D eigenvalue weighted by atomic mass is 16.5. The molecule has 0 bridgehead atoms. The zero-order valence-corrected chi connectivity index (χ0v) is 11.1. The van der Waals surface area contributed by atoms with Crippen molar-refractivity contribution in [3.8, 4) is 17.2 Å². The summed E-state index contributed by atoms with van der Waals surface area (Å²) in [5, 5.41) is 11.7. The summed E-state index contributed by atoms with van der Waals surface area (Å²) < 4.78 is 11.0. The van der Waals surface area contributed by atoms with Crippen molar-refractivity contribution in [3.63, 3.8) is 0 Å². The Balaban J connectivity index is 1.87. The summed E-state index contributed by atoms with van der Waals surface area (Å²) in [6.07, 6.45) is 0. The van der Waals surface area contributed by atoms with Gasteiger partial charge in [-0.25, -0.2) is 0 Å². The van der Waals surface area contributed by atoms with Gasteiger partial charge in [0, 0.05) is 12.1 Å². The molecule has 108 valence electrons. The average Bonchev–Trinajstić information content (AvgIpc) is 2.49. The van der Waals surface area contributed by atoms with Crippen molar-refractivity contribution in [2.45, 2.75) is 6.61 Å². The molecule has 21 heavy (non-hydrogen) atoms. The van der Waals surface area contributed by atoms with Gasteiger partial charge in [-0.15, -0.1) is 0 Å². The first-order valence-electron chi connectivity index (χ1n) is 6.39. The Morgan fingerprint density at radius 3 is 2.76 bits per heavy atom. The fourth-order valence-electron chi connectivity index (χ4n) is 2.00. The lowest BCUT2D eigenvalue weighted by Crippen LogP contribution is -2.25. The number of nitrogens with one attached hydrogen (secondary N) is 1. The van der Waals surface area contributed by atoms with Crippen molar-refractivity contribution in [3.05, 3.63) is 42.0 Å². The van der Waals surface area contributed by atoms with Crippen molar-refractivity contribution >= 4 is 17.3 Å². The minimum atomic E-state index is -0.217. The predicted molar refractivity (Wildman–Crippen MR) is 77.4 cm³/mol. The summed E-state index contributed by atoms with van der Waals surface area (Å²) in [7, 11) is 0. The summed E-state index contributed by atoms with van der Waals surface area (Å²) in [5.41, 5.74) is 7.66. The highest BCUT2D eigenvalue weighted by Crippen LogP contribution is 2.38. The van der Waals surface area contributed by atoms with E-state index in [2.05, 4.69) is 5.32 Å². The third kappa shape index (κ3) is 2.75. The normalized spacial score (nSPS) is 13.1. The van der Waals surface area contributed by atoms with Gasteiger partial charge in [0.1, 0.15) is 11.5 Å². The quantitative estimate of drug-likeness (QED) is 0.749. The molecule has 0 unspecified atom stereocenters. The highest BCUT2D eigenvalue weighted by Gasteiger charge is 2.18. The van der Waals surface area contributed by atoms with E-state index in [1.54, 1.807) is 36.4 Å². The number of rotatable bonds is 3. The molecule has 0 saturated carbocycles. The number of nitrogen functional groups attached to an aromatic ring is 1. The zero-order valence-electron chi connectivity index (χ0n) is 11.1. The van der Waals surface area contributed by atoms with Gasteiger partial charge >= 0.3 is 0 Å². The lowest BCUT2D eigenvalue weighted by molar-refractivity contribution is -0.118. The Morgan fingerprint density at radius 1 is 1.29 bits per heavy atom. The molecule has 0 aliphatic carbocycles. The molecule has 1 amide bonds. The number of amides is 1. The number of aliphatic hydroxyl groups is 1. The number of hydrogen-bond acceptors (Lipinski definition) is 5. The first kappa shape index (κ1) is 13.3. The van der Waals surface area contributed by atoms with Gasteiger partial charge in [0.05, 0.1) is 18.0 Å². The second-order valence-corrected chi connectivity index (χ2v) is 4.63. The number of nitrogens with two attached hydrogens (primary N) is 1. The maximum Gasteiger partial charge on any atom is 0.262 e. The fourth-order valence-corrected chi connectivity index (χ4v) is 2.00. The summed E-state index contributed by atoms with van der Waals surface area (Å²) in [4.78, 5) is 11.3. The van der Waals surface area contributed by atoms with Gasteiger partial charge in [0.2, 0.25) is 0 Å². The van der Waals surface area contributed by atoms with Gasteiger partial charge in [0.15, 0.2) is 12.4 Å². The van der Waals surface area contributed by atoms with Crippen LogP contribution in [0, 0.1) is 0 Å². The number of aliphatic hydroxyl groups excluding tert-OH is 1. The van der Waals surface area contributed by atoms with Crippen molar-refractivity contribution < 1.29 is 19.4 Å². The van der Waals surface area contributed by atoms with Gasteiger partial charge in [-0.2, -0.15) is 0 Å². The number of fused-ring (bicyclic) bond motifs is 1. The molecule has 4 N–H and O–H groups in total. The van der Waals surface area contributed by atoms with Crippen LogP contribution in [0.15, 0.2) is 36.4 Å². The maximum atomic E-state index is 11.3. The Labute approximate surface area is 121 Å². The molecule has 6 nitrogen and oxygen atoms in total. The molecule has 0 saturated heterocycles. The summed E-state index contributed by atoms with van der Waals surface area (Å²) in [6.45, 7) is -0.0418. The zero-order chi connectivity index (χ0) is 14.8. The second-order valence-electron chi connectivity index (χ2n) is 4.63. The van der Waals surface area contributed by atoms with Crippen LogP contribution in [0.2, 0.25) is 0 Å². The van der Waals surface area contributed by atoms with E-state index in [1.165, 1.54) is 0 Å². The van der Waals surface area contributed by atoms with Crippen LogP contribution in [0.4, 0.5) is 11.4 Å². The average molecular weight is 286 g/mol. The first-order valence-corrected chi connectivity index (χ1v) is 6.39. The monoisotopic (exact) mass is 286 g/mol. The smallest absolute Gasteiger partial charge is 0.262 e. The Kier molecular flexibility index (Phi) is 3.37. The molecule has 0 atom stereocenters. The van der Waals surface area contributed by atoms with Crippen LogP contribution in [0.25, 0.3) is 0 Å². The topological polar surface area (TPSA) is 93.8 Å². The van der Waals surface area contributed by atoms with E-state index in [-0.39, 0.29) is 19.1 Å². The molecule has 1 heterocycles. The second kappa shape index (κ2) is 5.34. The van der Waals surface area contributed by atoms with Crippen molar-refractivity contribution in [2.75, 3.05) is 17.7 Å². The number of carbonyl (C=O) groups excluding carboxylic acids is 1. The van der Waals surface area contributed by atoms with Crippen molar-refractivity contribution in [2.24, 2.45) is 0 Å². The van der Waals surface area contributed by atoms with Crippen LogP contribution >= 0.6 is 0 Å². The molecule has 0 fully saturated rings. The Morgan fingerprint density at radius 2 is 2.05 bits per heavy atom. The molecule has 6 heteroatoms. The molecule has 2 aromatic rings. The number of hydrogen-bond donors (Lipinski definition) is 3. The molecular weight excluding hydrogens is 272 g/mol. The summed E-state index contributed by atoms with van der Waals surface area (Å²) >= 11 is 0. The van der Waals surface area contributed by atoms with Crippen LogP contribution in [-0.4, -0.2) is 17.6 Å². The Bertz CT molecular complexity index is 683. The van der Waals surface area contributed by atoms with E-state index < -0.39 is 0 Å². The summed E-state index contributed by atoms with van der Waals surface area (Å²) in [5.74, 6) is 1.32.